The van der Waals surface area contributed by atoms with E-state index in [4.69, 9.17) is 0 Å². The van der Waals surface area contributed by atoms with Crippen molar-refractivity contribution in [2.75, 3.05) is 6.54 Å². The van der Waals surface area contributed by atoms with Crippen LogP contribution in [0.15, 0.2) is 35.6 Å². The molecule has 7 nitrogen and oxygen atoms in total. The summed E-state index contributed by atoms with van der Waals surface area (Å²) >= 11 is 1.69. The van der Waals surface area contributed by atoms with Gasteiger partial charge in [-0.25, -0.2) is 19.6 Å². The molecular formula is C19H26IN7S. The first kappa shape index (κ1) is 22.3. The van der Waals surface area contributed by atoms with Crippen molar-refractivity contribution >= 4 is 41.3 Å². The SMILES string of the molecule is CCNC(=NCc1ccc(-n2nc(C)cc2C)nc1)NCc1ncc(C)s1.I. The average molecular weight is 511 g/mol. The summed E-state index contributed by atoms with van der Waals surface area (Å²) in [6.45, 7) is 10.1. The second kappa shape index (κ2) is 10.5. The molecule has 3 aromatic rings. The molecule has 0 radical (unpaired) electrons. The number of aromatic nitrogens is 4. The molecule has 0 fully saturated rings. The maximum absolute atomic E-state index is 4.64. The van der Waals surface area contributed by atoms with Gasteiger partial charge < -0.3 is 10.6 Å². The van der Waals surface area contributed by atoms with Crippen LogP contribution in [0.1, 0.15) is 33.8 Å². The second-order valence-electron chi connectivity index (χ2n) is 6.28. The monoisotopic (exact) mass is 511 g/mol. The zero-order valence-corrected chi connectivity index (χ0v) is 19.7. The van der Waals surface area contributed by atoms with Crippen molar-refractivity contribution < 1.29 is 0 Å². The Morgan fingerprint density at radius 2 is 1.96 bits per heavy atom. The van der Waals surface area contributed by atoms with E-state index in [9.17, 15) is 0 Å². The van der Waals surface area contributed by atoms with Gasteiger partial charge in [0.05, 0.1) is 18.8 Å². The van der Waals surface area contributed by atoms with Crippen molar-refractivity contribution in [3.8, 4) is 5.82 Å². The van der Waals surface area contributed by atoms with Gasteiger partial charge >= 0.3 is 0 Å². The molecule has 3 heterocycles. The lowest BCUT2D eigenvalue weighted by Gasteiger charge is -2.10. The van der Waals surface area contributed by atoms with Crippen molar-refractivity contribution in [2.24, 2.45) is 4.99 Å². The van der Waals surface area contributed by atoms with E-state index in [1.165, 1.54) is 4.88 Å². The highest BCUT2D eigenvalue weighted by Gasteiger charge is 2.05. The van der Waals surface area contributed by atoms with Crippen LogP contribution in [0.3, 0.4) is 0 Å². The highest BCUT2D eigenvalue weighted by Crippen LogP contribution is 2.11. The van der Waals surface area contributed by atoms with Crippen LogP contribution in [0, 0.1) is 20.8 Å². The molecule has 0 saturated carbocycles. The number of nitrogens with one attached hydrogen (secondary N) is 2. The number of aliphatic imine (C=N–C) groups is 1. The minimum absolute atomic E-state index is 0. The quantitative estimate of drug-likeness (QED) is 0.301. The first-order valence-corrected chi connectivity index (χ1v) is 9.79. The third-order valence-corrected chi connectivity index (χ3v) is 4.79. The third kappa shape index (κ3) is 5.99. The highest BCUT2D eigenvalue weighted by atomic mass is 127. The molecule has 0 unspecified atom stereocenters. The normalized spacial score (nSPS) is 11.2. The highest BCUT2D eigenvalue weighted by molar-refractivity contribution is 14.0. The second-order valence-corrected chi connectivity index (χ2v) is 7.60. The van der Waals surface area contributed by atoms with Gasteiger partial charge in [-0.3, -0.25) is 0 Å². The number of hydrogen-bond donors (Lipinski definition) is 2. The van der Waals surface area contributed by atoms with E-state index in [2.05, 4.69) is 44.5 Å². The number of thiazole rings is 1. The van der Waals surface area contributed by atoms with Gasteiger partial charge in [-0.1, -0.05) is 6.07 Å². The molecule has 0 saturated heterocycles. The Labute approximate surface area is 186 Å². The lowest BCUT2D eigenvalue weighted by Crippen LogP contribution is -2.36. The van der Waals surface area contributed by atoms with Crippen molar-refractivity contribution in [3.63, 3.8) is 0 Å². The molecule has 0 aliphatic heterocycles. The Morgan fingerprint density at radius 1 is 1.14 bits per heavy atom. The predicted octanol–water partition coefficient (Wildman–Crippen LogP) is 3.52. The van der Waals surface area contributed by atoms with Gasteiger partial charge in [0.15, 0.2) is 11.8 Å². The molecule has 150 valence electrons. The number of rotatable bonds is 6. The Balaban J connectivity index is 0.00000280. The topological polar surface area (TPSA) is 80.0 Å². The van der Waals surface area contributed by atoms with Crippen LogP contribution in [-0.2, 0) is 13.1 Å². The largest absolute Gasteiger partial charge is 0.357 e. The lowest BCUT2D eigenvalue weighted by molar-refractivity contribution is 0.799. The van der Waals surface area contributed by atoms with Gasteiger partial charge in [0.2, 0.25) is 0 Å². The minimum Gasteiger partial charge on any atom is -0.357 e. The fourth-order valence-corrected chi connectivity index (χ4v) is 3.38. The molecule has 0 aliphatic rings. The fraction of sp³-hybridized carbons (Fsp3) is 0.368. The molecule has 3 aromatic heterocycles. The molecule has 28 heavy (non-hydrogen) atoms. The van der Waals surface area contributed by atoms with E-state index in [0.717, 1.165) is 40.3 Å². The summed E-state index contributed by atoms with van der Waals surface area (Å²) in [6, 6.07) is 6.05. The molecule has 0 amide bonds. The lowest BCUT2D eigenvalue weighted by atomic mass is 10.3. The van der Waals surface area contributed by atoms with Crippen LogP contribution in [0.2, 0.25) is 0 Å². The Morgan fingerprint density at radius 3 is 2.54 bits per heavy atom. The molecule has 3 rings (SSSR count). The third-order valence-electron chi connectivity index (χ3n) is 3.88. The van der Waals surface area contributed by atoms with E-state index in [-0.39, 0.29) is 24.0 Å². The minimum atomic E-state index is 0. The van der Waals surface area contributed by atoms with Gasteiger partial charge in [-0.15, -0.1) is 35.3 Å². The van der Waals surface area contributed by atoms with E-state index < -0.39 is 0 Å². The zero-order chi connectivity index (χ0) is 19.2. The molecule has 0 spiro atoms. The molecule has 0 bridgehead atoms. The van der Waals surface area contributed by atoms with Crippen LogP contribution >= 0.6 is 35.3 Å². The van der Waals surface area contributed by atoms with Gasteiger partial charge in [0.1, 0.15) is 5.01 Å². The first-order valence-electron chi connectivity index (χ1n) is 8.97. The summed E-state index contributed by atoms with van der Waals surface area (Å²) in [5, 5.41) is 12.1. The van der Waals surface area contributed by atoms with E-state index in [1.807, 2.05) is 49.1 Å². The zero-order valence-electron chi connectivity index (χ0n) is 16.6. The maximum atomic E-state index is 4.64. The molecule has 9 heteroatoms. The number of pyridine rings is 1. The number of halogens is 1. The van der Waals surface area contributed by atoms with Crippen molar-refractivity contribution in [2.45, 2.75) is 40.8 Å². The summed E-state index contributed by atoms with van der Waals surface area (Å²) < 4.78 is 1.85. The summed E-state index contributed by atoms with van der Waals surface area (Å²) in [6.07, 6.45) is 3.74. The van der Waals surface area contributed by atoms with Gasteiger partial charge in [0.25, 0.3) is 0 Å². The molecular weight excluding hydrogens is 485 g/mol. The van der Waals surface area contributed by atoms with Crippen LogP contribution < -0.4 is 10.6 Å². The summed E-state index contributed by atoms with van der Waals surface area (Å²) in [5.41, 5.74) is 3.10. The number of nitrogens with zero attached hydrogens (tertiary/aromatic N) is 5. The van der Waals surface area contributed by atoms with Crippen LogP contribution in [-0.4, -0.2) is 32.3 Å². The van der Waals surface area contributed by atoms with Gasteiger partial charge in [0, 0.05) is 29.5 Å². The van der Waals surface area contributed by atoms with E-state index >= 15 is 0 Å². The molecule has 0 aliphatic carbocycles. The van der Waals surface area contributed by atoms with Crippen molar-refractivity contribution in [1.82, 2.24) is 30.4 Å². The Hall–Kier alpha value is -2.01. The van der Waals surface area contributed by atoms with Gasteiger partial charge in [-0.05, 0) is 45.4 Å². The summed E-state index contributed by atoms with van der Waals surface area (Å²) in [7, 11) is 0. The number of aryl methyl sites for hydroxylation is 3. The average Bonchev–Trinajstić information content (AvgIpc) is 3.22. The van der Waals surface area contributed by atoms with E-state index in [0.29, 0.717) is 13.1 Å². The van der Waals surface area contributed by atoms with Crippen molar-refractivity contribution in [1.29, 1.82) is 0 Å². The van der Waals surface area contributed by atoms with Crippen LogP contribution in [0.25, 0.3) is 5.82 Å². The maximum Gasteiger partial charge on any atom is 0.191 e. The Bertz CT molecular complexity index is 915. The fourth-order valence-electron chi connectivity index (χ4n) is 2.65. The molecule has 2 N–H and O–H groups in total. The standard InChI is InChI=1S/C19H25N7S.HI/c1-5-20-19(24-12-18-22-9-15(4)27-18)23-11-16-6-7-17(21-10-16)26-14(3)8-13(2)25-26;/h6-10H,5,11-12H2,1-4H3,(H2,20,23,24);1H. The van der Waals surface area contributed by atoms with E-state index in [1.54, 1.807) is 11.3 Å². The van der Waals surface area contributed by atoms with Crippen LogP contribution in [0.4, 0.5) is 0 Å². The van der Waals surface area contributed by atoms with Crippen molar-refractivity contribution in [3.05, 3.63) is 57.4 Å². The Kier molecular flexibility index (Phi) is 8.36. The predicted molar refractivity (Wildman–Crippen MR) is 125 cm³/mol. The van der Waals surface area contributed by atoms with Crippen LogP contribution in [0.5, 0.6) is 0 Å². The smallest absolute Gasteiger partial charge is 0.191 e. The summed E-state index contributed by atoms with van der Waals surface area (Å²) in [5.74, 6) is 1.59. The molecule has 0 atom stereocenters. The number of hydrogen-bond acceptors (Lipinski definition) is 5. The number of guanidine groups is 1. The van der Waals surface area contributed by atoms with Gasteiger partial charge in [-0.2, -0.15) is 5.10 Å². The molecule has 0 aromatic carbocycles. The first-order chi connectivity index (χ1) is 13.0. The summed E-state index contributed by atoms with van der Waals surface area (Å²) in [4.78, 5) is 14.7.